The Morgan fingerprint density at radius 2 is 0.909 bits per heavy atom. The van der Waals surface area contributed by atoms with Crippen molar-refractivity contribution in [3.63, 3.8) is 0 Å². The topological polar surface area (TPSA) is 86.7 Å². The number of rotatable bonds is 9. The maximum Gasteiger partial charge on any atom is 0.267 e. The summed E-state index contributed by atoms with van der Waals surface area (Å²) >= 11 is 0. The SMILES string of the molecule is CC(C)(C)CS(=O)(=O)OCCCCOS(=O)(=O)CC(C)(C)C. The third-order valence-corrected chi connectivity index (χ3v) is 5.77. The normalized spacial score (nSPS) is 14.3. The second kappa shape index (κ2) is 8.08. The maximum atomic E-state index is 11.6. The van der Waals surface area contributed by atoms with Gasteiger partial charge in [-0.25, -0.2) is 0 Å². The van der Waals surface area contributed by atoms with Crippen molar-refractivity contribution in [3.05, 3.63) is 0 Å². The van der Waals surface area contributed by atoms with Crippen molar-refractivity contribution in [1.82, 2.24) is 0 Å². The molecular formula is C14H30O6S2. The van der Waals surface area contributed by atoms with E-state index in [-0.39, 0.29) is 35.5 Å². The molecule has 0 heterocycles. The van der Waals surface area contributed by atoms with Crippen molar-refractivity contribution >= 4 is 20.2 Å². The van der Waals surface area contributed by atoms with Gasteiger partial charge in [0, 0.05) is 0 Å². The average Bonchev–Trinajstić information content (AvgIpc) is 2.15. The van der Waals surface area contributed by atoms with Crippen LogP contribution in [0.15, 0.2) is 0 Å². The highest BCUT2D eigenvalue weighted by atomic mass is 32.2. The van der Waals surface area contributed by atoms with Gasteiger partial charge in [-0.1, -0.05) is 41.5 Å². The van der Waals surface area contributed by atoms with Crippen LogP contribution < -0.4 is 0 Å². The van der Waals surface area contributed by atoms with Crippen molar-refractivity contribution in [2.75, 3.05) is 24.7 Å². The summed E-state index contributed by atoms with van der Waals surface area (Å²) in [4.78, 5) is 0. The molecule has 0 unspecified atom stereocenters. The molecule has 0 aliphatic rings. The summed E-state index contributed by atoms with van der Waals surface area (Å²) in [5.74, 6) is -0.0904. The van der Waals surface area contributed by atoms with Gasteiger partial charge in [-0.3, -0.25) is 8.37 Å². The predicted octanol–water partition coefficient (Wildman–Crippen LogP) is 2.55. The molecule has 0 aliphatic carbocycles. The van der Waals surface area contributed by atoms with E-state index in [9.17, 15) is 16.8 Å². The first-order valence-electron chi connectivity index (χ1n) is 7.36. The molecule has 134 valence electrons. The minimum absolute atomic E-state index is 0.0427. The van der Waals surface area contributed by atoms with Crippen LogP contribution in [0.4, 0.5) is 0 Å². The summed E-state index contributed by atoms with van der Waals surface area (Å²) in [5, 5.41) is 0. The Hall–Kier alpha value is -0.180. The van der Waals surface area contributed by atoms with Crippen LogP contribution in [0.5, 0.6) is 0 Å². The highest BCUT2D eigenvalue weighted by Gasteiger charge is 2.23. The smallest absolute Gasteiger partial charge is 0.267 e. The second-order valence-electron chi connectivity index (χ2n) is 7.88. The highest BCUT2D eigenvalue weighted by molar-refractivity contribution is 7.87. The third kappa shape index (κ3) is 13.5. The number of hydrogen-bond acceptors (Lipinski definition) is 6. The first kappa shape index (κ1) is 21.8. The van der Waals surface area contributed by atoms with Gasteiger partial charge in [0.1, 0.15) is 0 Å². The minimum Gasteiger partial charge on any atom is -0.270 e. The lowest BCUT2D eigenvalue weighted by Gasteiger charge is -2.18. The van der Waals surface area contributed by atoms with Gasteiger partial charge < -0.3 is 0 Å². The summed E-state index contributed by atoms with van der Waals surface area (Å²) < 4.78 is 56.4. The zero-order valence-corrected chi connectivity index (χ0v) is 16.1. The fraction of sp³-hybridized carbons (Fsp3) is 1.00. The molecule has 0 N–H and O–H groups in total. The second-order valence-corrected chi connectivity index (χ2v) is 11.2. The lowest BCUT2D eigenvalue weighted by Crippen LogP contribution is -2.23. The van der Waals surface area contributed by atoms with Gasteiger partial charge in [0.05, 0.1) is 24.7 Å². The molecular weight excluding hydrogens is 328 g/mol. The number of unbranched alkanes of at least 4 members (excludes halogenated alkanes) is 1. The van der Waals surface area contributed by atoms with Crippen LogP contribution in [0.2, 0.25) is 0 Å². The molecule has 0 amide bonds. The molecule has 0 radical (unpaired) electrons. The van der Waals surface area contributed by atoms with Crippen LogP contribution in [0.25, 0.3) is 0 Å². The van der Waals surface area contributed by atoms with E-state index in [1.165, 1.54) is 0 Å². The highest BCUT2D eigenvalue weighted by Crippen LogP contribution is 2.18. The zero-order valence-electron chi connectivity index (χ0n) is 14.5. The van der Waals surface area contributed by atoms with Gasteiger partial charge in [-0.15, -0.1) is 0 Å². The molecule has 6 nitrogen and oxygen atoms in total. The van der Waals surface area contributed by atoms with E-state index in [2.05, 4.69) is 0 Å². The molecule has 0 aromatic heterocycles. The molecule has 0 spiro atoms. The maximum absolute atomic E-state index is 11.6. The van der Waals surface area contributed by atoms with Crippen LogP contribution >= 0.6 is 0 Å². The van der Waals surface area contributed by atoms with E-state index in [0.29, 0.717) is 12.8 Å². The Morgan fingerprint density at radius 3 is 1.14 bits per heavy atom. The summed E-state index contributed by atoms with van der Waals surface area (Å²) in [6.07, 6.45) is 0.850. The lowest BCUT2D eigenvalue weighted by atomic mass is 10.0. The molecule has 0 saturated carbocycles. The average molecular weight is 359 g/mol. The van der Waals surface area contributed by atoms with Gasteiger partial charge in [0.15, 0.2) is 0 Å². The van der Waals surface area contributed by atoms with Gasteiger partial charge in [0.25, 0.3) is 20.2 Å². The summed E-state index contributed by atoms with van der Waals surface area (Å²) in [5.41, 5.74) is -0.716. The van der Waals surface area contributed by atoms with Gasteiger partial charge in [0.2, 0.25) is 0 Å². The van der Waals surface area contributed by atoms with Crippen molar-refractivity contribution in [2.24, 2.45) is 10.8 Å². The van der Waals surface area contributed by atoms with Crippen molar-refractivity contribution in [3.8, 4) is 0 Å². The standard InChI is InChI=1S/C14H30O6S2/c1-13(2,3)11-21(15,16)19-9-7-8-10-20-22(17,18)12-14(4,5)6/h7-12H2,1-6H3. The van der Waals surface area contributed by atoms with E-state index in [1.807, 2.05) is 41.5 Å². The monoisotopic (exact) mass is 358 g/mol. The zero-order chi connectivity index (χ0) is 17.7. The molecule has 0 aliphatic heterocycles. The largest absolute Gasteiger partial charge is 0.270 e. The first-order valence-corrected chi connectivity index (χ1v) is 10.5. The van der Waals surface area contributed by atoms with Crippen LogP contribution in [-0.2, 0) is 28.6 Å². The molecule has 8 heteroatoms. The van der Waals surface area contributed by atoms with Crippen LogP contribution in [0.3, 0.4) is 0 Å². The van der Waals surface area contributed by atoms with Crippen LogP contribution in [0.1, 0.15) is 54.4 Å². The van der Waals surface area contributed by atoms with E-state index in [1.54, 1.807) is 0 Å². The minimum atomic E-state index is -3.54. The van der Waals surface area contributed by atoms with Gasteiger partial charge in [-0.05, 0) is 23.7 Å². The molecule has 0 atom stereocenters. The van der Waals surface area contributed by atoms with Crippen molar-refractivity contribution in [2.45, 2.75) is 54.4 Å². The van der Waals surface area contributed by atoms with E-state index < -0.39 is 20.2 Å². The Bertz CT molecular complexity index is 471. The predicted molar refractivity (Wildman–Crippen MR) is 87.6 cm³/mol. The van der Waals surface area contributed by atoms with Crippen molar-refractivity contribution < 1.29 is 25.2 Å². The van der Waals surface area contributed by atoms with Crippen molar-refractivity contribution in [1.29, 1.82) is 0 Å². The Morgan fingerprint density at radius 1 is 0.636 bits per heavy atom. The third-order valence-electron chi connectivity index (χ3n) is 2.28. The summed E-state index contributed by atoms with van der Waals surface area (Å²) in [6.45, 7) is 11.0. The summed E-state index contributed by atoms with van der Waals surface area (Å²) in [7, 11) is -7.08. The van der Waals surface area contributed by atoms with E-state index in [0.717, 1.165) is 0 Å². The molecule has 0 fully saturated rings. The molecule has 0 bridgehead atoms. The Labute approximate surface area is 135 Å². The van der Waals surface area contributed by atoms with Crippen LogP contribution in [0, 0.1) is 10.8 Å². The van der Waals surface area contributed by atoms with E-state index >= 15 is 0 Å². The van der Waals surface area contributed by atoms with Crippen LogP contribution in [-0.4, -0.2) is 41.6 Å². The molecule has 0 rings (SSSR count). The molecule has 22 heavy (non-hydrogen) atoms. The molecule has 0 aromatic carbocycles. The molecule has 0 aromatic rings. The summed E-state index contributed by atoms with van der Waals surface area (Å²) in [6, 6.07) is 0. The fourth-order valence-corrected chi connectivity index (χ4v) is 4.75. The lowest BCUT2D eigenvalue weighted by molar-refractivity contribution is 0.263. The van der Waals surface area contributed by atoms with Gasteiger partial charge >= 0.3 is 0 Å². The fourth-order valence-electron chi connectivity index (χ4n) is 1.72. The first-order chi connectivity index (χ1) is 9.62. The van der Waals surface area contributed by atoms with Gasteiger partial charge in [-0.2, -0.15) is 16.8 Å². The Kier molecular flexibility index (Phi) is 8.01. The quantitative estimate of drug-likeness (QED) is 0.465. The Balaban J connectivity index is 3.97. The van der Waals surface area contributed by atoms with E-state index in [4.69, 9.17) is 8.37 Å². The number of hydrogen-bond donors (Lipinski definition) is 0. The molecule has 0 saturated heterocycles.